The molecule has 1 aliphatic rings. The van der Waals surface area contributed by atoms with E-state index in [0.717, 1.165) is 30.8 Å². The Morgan fingerprint density at radius 3 is 2.70 bits per heavy atom. The first-order valence-electron chi connectivity index (χ1n) is 8.05. The minimum absolute atomic E-state index is 0.000448. The van der Waals surface area contributed by atoms with Gasteiger partial charge in [0, 0.05) is 43.0 Å². The fraction of sp³-hybridized carbons (Fsp3) is 0.444. The van der Waals surface area contributed by atoms with E-state index in [1.54, 1.807) is 11.3 Å². The fourth-order valence-corrected chi connectivity index (χ4v) is 3.72. The second-order valence-electron chi connectivity index (χ2n) is 6.35. The molecule has 4 nitrogen and oxygen atoms in total. The van der Waals surface area contributed by atoms with Gasteiger partial charge in [0.15, 0.2) is 0 Å². The van der Waals surface area contributed by atoms with E-state index in [0.29, 0.717) is 6.54 Å². The van der Waals surface area contributed by atoms with E-state index in [2.05, 4.69) is 34.6 Å². The number of rotatable bonds is 6. The van der Waals surface area contributed by atoms with E-state index in [-0.39, 0.29) is 11.4 Å². The van der Waals surface area contributed by atoms with Crippen LogP contribution in [0.15, 0.2) is 36.5 Å². The minimum Gasteiger partial charge on any atom is -0.338 e. The van der Waals surface area contributed by atoms with E-state index >= 15 is 0 Å². The summed E-state index contributed by atoms with van der Waals surface area (Å²) in [5, 5.41) is 4.07. The molecule has 3 rings (SSSR count). The Morgan fingerprint density at radius 2 is 2.09 bits per heavy atom. The van der Waals surface area contributed by atoms with Gasteiger partial charge in [-0.05, 0) is 25.3 Å². The van der Waals surface area contributed by atoms with E-state index in [1.165, 1.54) is 10.4 Å². The van der Waals surface area contributed by atoms with E-state index in [1.807, 2.05) is 31.1 Å². The van der Waals surface area contributed by atoms with Crippen LogP contribution < -0.4 is 5.32 Å². The van der Waals surface area contributed by atoms with Gasteiger partial charge in [0.1, 0.15) is 0 Å². The van der Waals surface area contributed by atoms with Crippen LogP contribution in [-0.4, -0.2) is 36.1 Å². The van der Waals surface area contributed by atoms with Gasteiger partial charge in [-0.1, -0.05) is 30.3 Å². The molecule has 5 heteroatoms. The van der Waals surface area contributed by atoms with Gasteiger partial charge in [-0.2, -0.15) is 0 Å². The van der Waals surface area contributed by atoms with Crippen molar-refractivity contribution in [2.75, 3.05) is 20.1 Å². The van der Waals surface area contributed by atoms with Crippen LogP contribution >= 0.6 is 11.3 Å². The number of nitrogens with zero attached hydrogens (tertiary/aromatic N) is 2. The number of carbonyl (C=O) groups is 1. The lowest BCUT2D eigenvalue weighted by atomic mass is 9.95. The largest absolute Gasteiger partial charge is 0.338 e. The highest BCUT2D eigenvalue weighted by Gasteiger charge is 2.45. The molecule has 0 radical (unpaired) electrons. The van der Waals surface area contributed by atoms with Crippen molar-refractivity contribution in [3.63, 3.8) is 0 Å². The minimum atomic E-state index is 0.000448. The average Bonchev–Trinajstić information content (AvgIpc) is 3.22. The molecule has 1 N–H and O–H groups in total. The normalized spacial score (nSPS) is 15.2. The summed E-state index contributed by atoms with van der Waals surface area (Å²) in [6.45, 7) is 3.46. The third kappa shape index (κ3) is 3.91. The summed E-state index contributed by atoms with van der Waals surface area (Å²) < 4.78 is 0. The van der Waals surface area contributed by atoms with Crippen LogP contribution in [0.1, 0.15) is 28.3 Å². The molecule has 0 saturated heterocycles. The molecule has 2 amide bonds. The lowest BCUT2D eigenvalue weighted by Crippen LogP contribution is -2.42. The molecule has 1 heterocycles. The van der Waals surface area contributed by atoms with Gasteiger partial charge in [0.2, 0.25) is 0 Å². The predicted octanol–water partition coefficient (Wildman–Crippen LogP) is 3.37. The maximum atomic E-state index is 12.3. The quantitative estimate of drug-likeness (QED) is 0.883. The monoisotopic (exact) mass is 329 g/mol. The molecule has 0 atom stereocenters. The third-order valence-corrected chi connectivity index (χ3v) is 5.38. The molecule has 2 aromatic rings. The third-order valence-electron chi connectivity index (χ3n) is 4.41. The number of carbonyl (C=O) groups excluding carboxylic acids is 1. The second kappa shape index (κ2) is 6.71. The highest BCUT2D eigenvalue weighted by molar-refractivity contribution is 7.11. The van der Waals surface area contributed by atoms with Gasteiger partial charge < -0.3 is 10.2 Å². The van der Waals surface area contributed by atoms with Crippen molar-refractivity contribution in [3.8, 4) is 0 Å². The van der Waals surface area contributed by atoms with E-state index in [4.69, 9.17) is 0 Å². The van der Waals surface area contributed by atoms with Gasteiger partial charge in [0.25, 0.3) is 0 Å². The Labute approximate surface area is 141 Å². The first kappa shape index (κ1) is 16.0. The number of urea groups is 1. The summed E-state index contributed by atoms with van der Waals surface area (Å²) in [5.74, 6) is 0. The number of likely N-dealkylation sites (N-methyl/N-ethyl adjacent to an activating group) is 1. The molecule has 0 bridgehead atoms. The molecule has 1 aromatic carbocycles. The summed E-state index contributed by atoms with van der Waals surface area (Å²) in [7, 11) is 1.88. The standard InChI is InChI=1S/C18H23N3OS/c1-14-12-20-16(23-14)8-11-19-17(22)21(2)13-18(9-10-18)15-6-4-3-5-7-15/h3-7,12H,8-11,13H2,1-2H3,(H,19,22). The summed E-state index contributed by atoms with van der Waals surface area (Å²) >= 11 is 1.69. The number of aromatic nitrogens is 1. The zero-order chi connectivity index (χ0) is 16.3. The number of hydrogen-bond donors (Lipinski definition) is 1. The Hall–Kier alpha value is -1.88. The van der Waals surface area contributed by atoms with Crippen LogP contribution in [0.5, 0.6) is 0 Å². The Morgan fingerprint density at radius 1 is 1.35 bits per heavy atom. The van der Waals surface area contributed by atoms with Crippen LogP contribution in [0.4, 0.5) is 4.79 Å². The van der Waals surface area contributed by atoms with E-state index < -0.39 is 0 Å². The zero-order valence-electron chi connectivity index (χ0n) is 13.7. The summed E-state index contributed by atoms with van der Waals surface area (Å²) in [4.78, 5) is 19.6. The van der Waals surface area contributed by atoms with Crippen molar-refractivity contribution in [1.82, 2.24) is 15.2 Å². The Kier molecular flexibility index (Phi) is 4.66. The Balaban J connectivity index is 1.48. The average molecular weight is 329 g/mol. The van der Waals surface area contributed by atoms with Gasteiger partial charge in [-0.15, -0.1) is 11.3 Å². The van der Waals surface area contributed by atoms with Crippen molar-refractivity contribution in [2.45, 2.75) is 31.6 Å². The van der Waals surface area contributed by atoms with Crippen molar-refractivity contribution >= 4 is 17.4 Å². The number of benzene rings is 1. The second-order valence-corrected chi connectivity index (χ2v) is 7.67. The molecule has 1 aliphatic carbocycles. The maximum absolute atomic E-state index is 12.3. The zero-order valence-corrected chi connectivity index (χ0v) is 14.5. The van der Waals surface area contributed by atoms with Crippen LogP contribution in [0, 0.1) is 6.92 Å². The first-order chi connectivity index (χ1) is 11.1. The van der Waals surface area contributed by atoms with Crippen molar-refractivity contribution in [1.29, 1.82) is 0 Å². The van der Waals surface area contributed by atoms with Gasteiger partial charge in [0.05, 0.1) is 5.01 Å². The molecular weight excluding hydrogens is 306 g/mol. The van der Waals surface area contributed by atoms with Gasteiger partial charge in [-0.3, -0.25) is 0 Å². The van der Waals surface area contributed by atoms with Crippen LogP contribution in [0.3, 0.4) is 0 Å². The van der Waals surface area contributed by atoms with Crippen LogP contribution in [-0.2, 0) is 11.8 Å². The Bertz CT molecular complexity index is 664. The number of amides is 2. The van der Waals surface area contributed by atoms with Gasteiger partial charge in [-0.25, -0.2) is 9.78 Å². The molecule has 0 spiro atoms. The number of hydrogen-bond acceptors (Lipinski definition) is 3. The molecular formula is C18H23N3OS. The smallest absolute Gasteiger partial charge is 0.317 e. The maximum Gasteiger partial charge on any atom is 0.317 e. The van der Waals surface area contributed by atoms with Crippen molar-refractivity contribution in [3.05, 3.63) is 52.0 Å². The fourth-order valence-electron chi connectivity index (χ4n) is 2.93. The molecule has 122 valence electrons. The molecule has 0 unspecified atom stereocenters. The highest BCUT2D eigenvalue weighted by atomic mass is 32.1. The molecule has 1 fully saturated rings. The first-order valence-corrected chi connectivity index (χ1v) is 8.86. The SMILES string of the molecule is Cc1cnc(CCNC(=O)N(C)CC2(c3ccccc3)CC2)s1. The van der Waals surface area contributed by atoms with Crippen molar-refractivity contribution in [2.24, 2.45) is 0 Å². The number of aryl methyl sites for hydroxylation is 1. The number of nitrogens with one attached hydrogen (secondary N) is 1. The predicted molar refractivity (Wildman–Crippen MR) is 93.9 cm³/mol. The topological polar surface area (TPSA) is 45.2 Å². The highest BCUT2D eigenvalue weighted by Crippen LogP contribution is 2.48. The molecule has 1 saturated carbocycles. The van der Waals surface area contributed by atoms with Crippen molar-refractivity contribution < 1.29 is 4.79 Å². The van der Waals surface area contributed by atoms with E-state index in [9.17, 15) is 4.79 Å². The lowest BCUT2D eigenvalue weighted by molar-refractivity contribution is 0.204. The summed E-state index contributed by atoms with van der Waals surface area (Å²) in [5.41, 5.74) is 1.51. The lowest BCUT2D eigenvalue weighted by Gasteiger charge is -2.24. The summed E-state index contributed by atoms with van der Waals surface area (Å²) in [6, 6.07) is 10.5. The van der Waals surface area contributed by atoms with Gasteiger partial charge >= 0.3 is 6.03 Å². The molecule has 0 aliphatic heterocycles. The van der Waals surface area contributed by atoms with Crippen LogP contribution in [0.2, 0.25) is 0 Å². The molecule has 23 heavy (non-hydrogen) atoms. The number of thiazole rings is 1. The van der Waals surface area contributed by atoms with Crippen LogP contribution in [0.25, 0.3) is 0 Å². The molecule has 1 aromatic heterocycles. The summed E-state index contributed by atoms with van der Waals surface area (Å²) in [6.07, 6.45) is 4.99.